The van der Waals surface area contributed by atoms with Crippen LogP contribution in [0.15, 0.2) is 30.3 Å². The molecule has 0 spiro atoms. The summed E-state index contributed by atoms with van der Waals surface area (Å²) >= 11 is 0. The van der Waals surface area contributed by atoms with Crippen molar-refractivity contribution in [3.05, 3.63) is 35.9 Å². The van der Waals surface area contributed by atoms with Gasteiger partial charge in [-0.25, -0.2) is 0 Å². The number of hydrogen-bond acceptors (Lipinski definition) is 1. The number of aldehydes is 1. The zero-order chi connectivity index (χ0) is 11.1. The Bertz CT molecular complexity index is 369. The van der Waals surface area contributed by atoms with Gasteiger partial charge in [0.15, 0.2) is 0 Å². The normalized spacial score (nSPS) is 37.2. The fourth-order valence-corrected chi connectivity index (χ4v) is 3.62. The Hall–Kier alpha value is -1.11. The summed E-state index contributed by atoms with van der Waals surface area (Å²) in [6.45, 7) is 0. The molecule has 0 aromatic heterocycles. The number of carbonyl (C=O) groups excluding carboxylic acids is 1. The van der Waals surface area contributed by atoms with E-state index in [1.54, 1.807) is 0 Å². The second-order valence-electron chi connectivity index (χ2n) is 5.63. The third kappa shape index (κ3) is 1.34. The number of carbonyl (C=O) groups is 1. The first-order valence-corrected chi connectivity index (χ1v) is 6.31. The van der Waals surface area contributed by atoms with Crippen LogP contribution in [0, 0.1) is 5.41 Å². The van der Waals surface area contributed by atoms with Gasteiger partial charge in [0.1, 0.15) is 6.29 Å². The van der Waals surface area contributed by atoms with Crippen molar-refractivity contribution in [2.45, 2.75) is 43.9 Å². The SMILES string of the molecule is O=CC12CCC(c3ccccc3)(CC1)CC2. The van der Waals surface area contributed by atoms with E-state index >= 15 is 0 Å². The molecule has 0 aliphatic heterocycles. The van der Waals surface area contributed by atoms with Gasteiger partial charge in [-0.3, -0.25) is 0 Å². The largest absolute Gasteiger partial charge is 0.303 e. The molecule has 2 bridgehead atoms. The number of benzene rings is 1. The fourth-order valence-electron chi connectivity index (χ4n) is 3.62. The number of fused-ring (bicyclic) bond motifs is 3. The molecule has 0 N–H and O–H groups in total. The van der Waals surface area contributed by atoms with Gasteiger partial charge < -0.3 is 4.79 Å². The van der Waals surface area contributed by atoms with Crippen LogP contribution >= 0.6 is 0 Å². The van der Waals surface area contributed by atoms with Crippen LogP contribution in [0.1, 0.15) is 44.1 Å². The van der Waals surface area contributed by atoms with Gasteiger partial charge in [-0.2, -0.15) is 0 Å². The molecule has 3 aliphatic carbocycles. The lowest BCUT2D eigenvalue weighted by Crippen LogP contribution is -2.44. The van der Waals surface area contributed by atoms with Crippen molar-refractivity contribution in [3.8, 4) is 0 Å². The van der Waals surface area contributed by atoms with Gasteiger partial charge in [0.2, 0.25) is 0 Å². The van der Waals surface area contributed by atoms with E-state index in [9.17, 15) is 4.79 Å². The highest BCUT2D eigenvalue weighted by Gasteiger charge is 2.49. The highest BCUT2D eigenvalue weighted by molar-refractivity contribution is 5.60. The highest BCUT2D eigenvalue weighted by Crippen LogP contribution is 2.56. The first-order chi connectivity index (χ1) is 7.79. The standard InChI is InChI=1S/C15H18O/c16-12-14-6-9-15(10-7-14,11-8-14)13-4-2-1-3-5-13/h1-5,12H,6-11H2. The lowest BCUT2D eigenvalue weighted by atomic mass is 9.52. The molecule has 1 nitrogen and oxygen atoms in total. The van der Waals surface area contributed by atoms with Crippen LogP contribution in [0.3, 0.4) is 0 Å². The van der Waals surface area contributed by atoms with Gasteiger partial charge in [0.25, 0.3) is 0 Å². The molecule has 1 heteroatoms. The summed E-state index contributed by atoms with van der Waals surface area (Å²) in [7, 11) is 0. The minimum absolute atomic E-state index is 0.0521. The van der Waals surface area contributed by atoms with Crippen LogP contribution in [0.5, 0.6) is 0 Å². The molecule has 1 aromatic rings. The van der Waals surface area contributed by atoms with Crippen LogP contribution in [0.4, 0.5) is 0 Å². The Morgan fingerprint density at radius 1 is 0.875 bits per heavy atom. The van der Waals surface area contributed by atoms with E-state index in [0.717, 1.165) is 19.3 Å². The molecule has 4 rings (SSSR count). The van der Waals surface area contributed by atoms with Crippen LogP contribution < -0.4 is 0 Å². The Morgan fingerprint density at radius 3 is 1.94 bits per heavy atom. The average molecular weight is 214 g/mol. The minimum atomic E-state index is 0.0521. The molecule has 0 amide bonds. The highest BCUT2D eigenvalue weighted by atomic mass is 16.1. The van der Waals surface area contributed by atoms with E-state index in [1.165, 1.54) is 31.1 Å². The van der Waals surface area contributed by atoms with Gasteiger partial charge in [-0.15, -0.1) is 0 Å². The van der Waals surface area contributed by atoms with Crippen molar-refractivity contribution >= 4 is 6.29 Å². The van der Waals surface area contributed by atoms with Crippen molar-refractivity contribution in [2.24, 2.45) is 5.41 Å². The summed E-state index contributed by atoms with van der Waals surface area (Å²) in [5, 5.41) is 0. The van der Waals surface area contributed by atoms with E-state index in [1.807, 2.05) is 0 Å². The maximum absolute atomic E-state index is 11.2. The van der Waals surface area contributed by atoms with Gasteiger partial charge in [0, 0.05) is 5.41 Å². The maximum atomic E-state index is 11.2. The summed E-state index contributed by atoms with van der Waals surface area (Å²) < 4.78 is 0. The van der Waals surface area contributed by atoms with Crippen molar-refractivity contribution in [2.75, 3.05) is 0 Å². The molecule has 0 unspecified atom stereocenters. The minimum Gasteiger partial charge on any atom is -0.303 e. The molecule has 84 valence electrons. The molecule has 0 atom stereocenters. The molecule has 1 aromatic carbocycles. The molecule has 3 fully saturated rings. The molecule has 0 saturated heterocycles. The quantitative estimate of drug-likeness (QED) is 0.689. The Balaban J connectivity index is 1.91. The van der Waals surface area contributed by atoms with Crippen LogP contribution in [0.25, 0.3) is 0 Å². The zero-order valence-corrected chi connectivity index (χ0v) is 9.61. The molecule has 0 heterocycles. The molecular formula is C15H18O. The van der Waals surface area contributed by atoms with Crippen molar-refractivity contribution in [1.82, 2.24) is 0 Å². The van der Waals surface area contributed by atoms with E-state index in [0.29, 0.717) is 5.41 Å². The maximum Gasteiger partial charge on any atom is 0.126 e. The molecule has 16 heavy (non-hydrogen) atoms. The third-order valence-electron chi connectivity index (χ3n) is 4.94. The molecule has 3 aliphatic rings. The number of rotatable bonds is 2. The smallest absolute Gasteiger partial charge is 0.126 e. The van der Waals surface area contributed by atoms with Crippen LogP contribution in [0.2, 0.25) is 0 Å². The van der Waals surface area contributed by atoms with E-state index in [-0.39, 0.29) is 5.41 Å². The second-order valence-corrected chi connectivity index (χ2v) is 5.63. The third-order valence-corrected chi connectivity index (χ3v) is 4.94. The Kier molecular flexibility index (Phi) is 2.17. The van der Waals surface area contributed by atoms with Crippen LogP contribution in [-0.2, 0) is 10.2 Å². The zero-order valence-electron chi connectivity index (χ0n) is 9.61. The predicted molar refractivity (Wildman–Crippen MR) is 64.3 cm³/mol. The summed E-state index contributed by atoms with van der Waals surface area (Å²) in [6, 6.07) is 10.9. The monoisotopic (exact) mass is 214 g/mol. The van der Waals surface area contributed by atoms with Crippen LogP contribution in [-0.4, -0.2) is 6.29 Å². The molecule has 3 saturated carbocycles. The van der Waals surface area contributed by atoms with Gasteiger partial charge >= 0.3 is 0 Å². The second kappa shape index (κ2) is 3.44. The lowest BCUT2D eigenvalue weighted by molar-refractivity contribution is -0.122. The Labute approximate surface area is 96.9 Å². The van der Waals surface area contributed by atoms with E-state index < -0.39 is 0 Å². The first kappa shape index (κ1) is 10.1. The van der Waals surface area contributed by atoms with Crippen molar-refractivity contribution < 1.29 is 4.79 Å². The summed E-state index contributed by atoms with van der Waals surface area (Å²) in [6.07, 6.45) is 8.16. The lowest BCUT2D eigenvalue weighted by Gasteiger charge is -2.51. The van der Waals surface area contributed by atoms with Crippen molar-refractivity contribution in [3.63, 3.8) is 0 Å². The first-order valence-electron chi connectivity index (χ1n) is 6.31. The fraction of sp³-hybridized carbons (Fsp3) is 0.533. The molecule has 0 radical (unpaired) electrons. The summed E-state index contributed by atoms with van der Waals surface area (Å²) in [5.74, 6) is 0. The average Bonchev–Trinajstić information content (AvgIpc) is 2.42. The van der Waals surface area contributed by atoms with Gasteiger partial charge in [0.05, 0.1) is 0 Å². The summed E-state index contributed by atoms with van der Waals surface area (Å²) in [4.78, 5) is 11.2. The topological polar surface area (TPSA) is 17.1 Å². The van der Waals surface area contributed by atoms with E-state index in [4.69, 9.17) is 0 Å². The predicted octanol–water partition coefficient (Wildman–Crippen LogP) is 3.48. The molecular weight excluding hydrogens is 196 g/mol. The van der Waals surface area contributed by atoms with Gasteiger partial charge in [-0.05, 0) is 49.5 Å². The van der Waals surface area contributed by atoms with E-state index in [2.05, 4.69) is 30.3 Å². The van der Waals surface area contributed by atoms with Crippen molar-refractivity contribution in [1.29, 1.82) is 0 Å². The Morgan fingerprint density at radius 2 is 1.44 bits per heavy atom. The van der Waals surface area contributed by atoms with Gasteiger partial charge in [-0.1, -0.05) is 30.3 Å². The number of hydrogen-bond donors (Lipinski definition) is 0. The summed E-state index contributed by atoms with van der Waals surface area (Å²) in [5.41, 5.74) is 1.94.